The minimum Gasteiger partial charge on any atom is -0.481 e. The lowest BCUT2D eigenvalue weighted by atomic mass is 9.80. The van der Waals surface area contributed by atoms with Gasteiger partial charge < -0.3 is 10.1 Å². The number of rotatable bonds is 2. The minimum absolute atomic E-state index is 0.134. The molecule has 3 heteroatoms. The summed E-state index contributed by atoms with van der Waals surface area (Å²) in [7, 11) is 0. The van der Waals surface area contributed by atoms with E-state index in [9.17, 15) is 4.79 Å². The first kappa shape index (κ1) is 11.3. The van der Waals surface area contributed by atoms with Crippen molar-refractivity contribution in [1.82, 2.24) is 4.98 Å². The highest BCUT2D eigenvalue weighted by Crippen LogP contribution is 2.36. The molecule has 0 saturated heterocycles. The fourth-order valence-electron chi connectivity index (χ4n) is 2.97. The summed E-state index contributed by atoms with van der Waals surface area (Å²) in [5.74, 6) is -0.274. The maximum absolute atomic E-state index is 10.9. The van der Waals surface area contributed by atoms with Crippen LogP contribution in [-0.2, 0) is 4.79 Å². The molecule has 0 spiro atoms. The van der Waals surface area contributed by atoms with Crippen LogP contribution in [0.25, 0.3) is 10.9 Å². The molecule has 1 saturated carbocycles. The second kappa shape index (κ2) is 4.48. The first-order valence-corrected chi connectivity index (χ1v) is 6.54. The third-order valence-electron chi connectivity index (χ3n) is 4.07. The molecule has 3 nitrogen and oxygen atoms in total. The van der Waals surface area contributed by atoms with Gasteiger partial charge in [-0.05, 0) is 49.1 Å². The molecule has 94 valence electrons. The van der Waals surface area contributed by atoms with Crippen LogP contribution in [0.3, 0.4) is 0 Å². The molecule has 0 radical (unpaired) electrons. The number of carboxylic acid groups (broad SMARTS) is 1. The predicted molar refractivity (Wildman–Crippen MR) is 70.6 cm³/mol. The van der Waals surface area contributed by atoms with Crippen molar-refractivity contribution in [1.29, 1.82) is 0 Å². The van der Waals surface area contributed by atoms with E-state index in [1.165, 1.54) is 16.6 Å². The first-order valence-electron chi connectivity index (χ1n) is 6.54. The molecule has 18 heavy (non-hydrogen) atoms. The summed E-state index contributed by atoms with van der Waals surface area (Å²) in [5, 5.41) is 10.2. The van der Waals surface area contributed by atoms with Gasteiger partial charge in [-0.2, -0.15) is 0 Å². The Bertz CT molecular complexity index is 532. The van der Waals surface area contributed by atoms with Crippen LogP contribution >= 0.6 is 0 Å². The molecule has 2 aromatic rings. The Labute approximate surface area is 106 Å². The molecular weight excluding hydrogens is 226 g/mol. The normalized spacial score (nSPS) is 24.2. The van der Waals surface area contributed by atoms with Crippen molar-refractivity contribution in [2.45, 2.75) is 31.6 Å². The van der Waals surface area contributed by atoms with Gasteiger partial charge in [-0.1, -0.05) is 18.2 Å². The molecule has 0 unspecified atom stereocenters. The van der Waals surface area contributed by atoms with Crippen molar-refractivity contribution >= 4 is 16.9 Å². The molecule has 0 aliphatic heterocycles. The molecule has 2 N–H and O–H groups in total. The number of hydrogen-bond donors (Lipinski definition) is 2. The summed E-state index contributed by atoms with van der Waals surface area (Å²) >= 11 is 0. The molecule has 1 aromatic carbocycles. The average Bonchev–Trinajstić information content (AvgIpc) is 2.82. The molecule has 1 aliphatic rings. The molecule has 1 aromatic heterocycles. The van der Waals surface area contributed by atoms with Crippen LogP contribution in [0.15, 0.2) is 30.3 Å². The van der Waals surface area contributed by atoms with Crippen LogP contribution in [0.5, 0.6) is 0 Å². The summed E-state index contributed by atoms with van der Waals surface area (Å²) < 4.78 is 0. The Morgan fingerprint density at radius 2 is 1.89 bits per heavy atom. The largest absolute Gasteiger partial charge is 0.481 e. The van der Waals surface area contributed by atoms with Crippen molar-refractivity contribution in [2.75, 3.05) is 0 Å². The summed E-state index contributed by atoms with van der Waals surface area (Å²) in [6, 6.07) is 10.5. The Morgan fingerprint density at radius 1 is 1.17 bits per heavy atom. The molecule has 1 fully saturated rings. The van der Waals surface area contributed by atoms with Crippen molar-refractivity contribution < 1.29 is 9.90 Å². The maximum atomic E-state index is 10.9. The van der Waals surface area contributed by atoms with Gasteiger partial charge in [0.25, 0.3) is 0 Å². The highest BCUT2D eigenvalue weighted by molar-refractivity contribution is 5.80. The summed E-state index contributed by atoms with van der Waals surface area (Å²) in [5.41, 5.74) is 2.44. The highest BCUT2D eigenvalue weighted by Gasteiger charge is 2.27. The van der Waals surface area contributed by atoms with Gasteiger partial charge >= 0.3 is 5.97 Å². The van der Waals surface area contributed by atoms with Gasteiger partial charge in [-0.15, -0.1) is 0 Å². The van der Waals surface area contributed by atoms with Crippen LogP contribution in [0, 0.1) is 5.92 Å². The van der Waals surface area contributed by atoms with Gasteiger partial charge in [0, 0.05) is 11.2 Å². The lowest BCUT2D eigenvalue weighted by molar-refractivity contribution is -0.142. The van der Waals surface area contributed by atoms with E-state index in [0.29, 0.717) is 5.92 Å². The van der Waals surface area contributed by atoms with Gasteiger partial charge in [-0.25, -0.2) is 0 Å². The SMILES string of the molecule is O=C(O)C1CCC(c2cc3ccccc3[nH]2)CC1. The topological polar surface area (TPSA) is 53.1 Å². The molecule has 0 atom stereocenters. The van der Waals surface area contributed by atoms with Crippen LogP contribution in [0.1, 0.15) is 37.3 Å². The Balaban J connectivity index is 1.78. The molecule has 1 aliphatic carbocycles. The number of aromatic nitrogens is 1. The van der Waals surface area contributed by atoms with Crippen LogP contribution in [0.4, 0.5) is 0 Å². The lowest BCUT2D eigenvalue weighted by Crippen LogP contribution is -2.20. The van der Waals surface area contributed by atoms with Crippen molar-refractivity contribution in [2.24, 2.45) is 5.92 Å². The standard InChI is InChI=1S/C15H17NO2/c17-15(18)11-7-5-10(6-8-11)14-9-12-3-1-2-4-13(12)16-14/h1-4,9-11,16H,5-8H2,(H,17,18). The van der Waals surface area contributed by atoms with E-state index in [1.54, 1.807) is 0 Å². The van der Waals surface area contributed by atoms with Gasteiger partial charge in [0.2, 0.25) is 0 Å². The second-order valence-electron chi connectivity index (χ2n) is 5.20. The third-order valence-corrected chi connectivity index (χ3v) is 4.07. The zero-order chi connectivity index (χ0) is 12.5. The van der Waals surface area contributed by atoms with E-state index in [0.717, 1.165) is 25.7 Å². The second-order valence-corrected chi connectivity index (χ2v) is 5.20. The van der Waals surface area contributed by atoms with Gasteiger partial charge in [0.05, 0.1) is 5.92 Å². The number of aliphatic carboxylic acids is 1. The lowest BCUT2D eigenvalue weighted by Gasteiger charge is -2.25. The Morgan fingerprint density at radius 3 is 2.56 bits per heavy atom. The van der Waals surface area contributed by atoms with Gasteiger partial charge in [0.1, 0.15) is 0 Å². The Hall–Kier alpha value is -1.77. The zero-order valence-corrected chi connectivity index (χ0v) is 10.2. The van der Waals surface area contributed by atoms with E-state index >= 15 is 0 Å². The van der Waals surface area contributed by atoms with Crippen LogP contribution < -0.4 is 0 Å². The molecular formula is C15H17NO2. The number of aromatic amines is 1. The van der Waals surface area contributed by atoms with E-state index in [4.69, 9.17) is 5.11 Å². The van der Waals surface area contributed by atoms with E-state index in [-0.39, 0.29) is 5.92 Å². The number of para-hydroxylation sites is 1. The van der Waals surface area contributed by atoms with E-state index in [1.807, 2.05) is 12.1 Å². The number of hydrogen-bond acceptors (Lipinski definition) is 1. The minimum atomic E-state index is -0.634. The molecule has 0 amide bonds. The maximum Gasteiger partial charge on any atom is 0.306 e. The quantitative estimate of drug-likeness (QED) is 0.847. The van der Waals surface area contributed by atoms with E-state index < -0.39 is 5.97 Å². The van der Waals surface area contributed by atoms with Gasteiger partial charge in [0.15, 0.2) is 0 Å². The fraction of sp³-hybridized carbons (Fsp3) is 0.400. The highest BCUT2D eigenvalue weighted by atomic mass is 16.4. The number of H-pyrrole nitrogens is 1. The van der Waals surface area contributed by atoms with Crippen molar-refractivity contribution in [3.05, 3.63) is 36.0 Å². The number of carboxylic acids is 1. The molecule has 3 rings (SSSR count). The number of carbonyl (C=O) groups is 1. The van der Waals surface area contributed by atoms with Crippen LogP contribution in [-0.4, -0.2) is 16.1 Å². The van der Waals surface area contributed by atoms with Crippen LogP contribution in [0.2, 0.25) is 0 Å². The summed E-state index contributed by atoms with van der Waals surface area (Å²) in [6.07, 6.45) is 3.55. The zero-order valence-electron chi connectivity index (χ0n) is 10.2. The van der Waals surface area contributed by atoms with Gasteiger partial charge in [-0.3, -0.25) is 4.79 Å². The fourth-order valence-corrected chi connectivity index (χ4v) is 2.97. The van der Waals surface area contributed by atoms with E-state index in [2.05, 4.69) is 23.2 Å². The smallest absolute Gasteiger partial charge is 0.306 e. The van der Waals surface area contributed by atoms with Crippen molar-refractivity contribution in [3.8, 4) is 0 Å². The Kier molecular flexibility index (Phi) is 2.82. The number of nitrogens with one attached hydrogen (secondary N) is 1. The number of fused-ring (bicyclic) bond motifs is 1. The first-order chi connectivity index (χ1) is 8.74. The monoisotopic (exact) mass is 243 g/mol. The predicted octanol–water partition coefficient (Wildman–Crippen LogP) is 3.53. The van der Waals surface area contributed by atoms with Crippen molar-refractivity contribution in [3.63, 3.8) is 0 Å². The third kappa shape index (κ3) is 2.01. The molecule has 1 heterocycles. The summed E-state index contributed by atoms with van der Waals surface area (Å²) in [6.45, 7) is 0. The number of benzene rings is 1. The average molecular weight is 243 g/mol. The molecule has 0 bridgehead atoms. The summed E-state index contributed by atoms with van der Waals surface area (Å²) in [4.78, 5) is 14.4.